The first-order valence-electron chi connectivity index (χ1n) is 7.62. The lowest BCUT2D eigenvalue weighted by molar-refractivity contribution is -0.129. The van der Waals surface area contributed by atoms with E-state index in [4.69, 9.17) is 0 Å². The average molecular weight is 324 g/mol. The van der Waals surface area contributed by atoms with E-state index < -0.39 is 0 Å². The second-order valence-electron chi connectivity index (χ2n) is 5.71. The van der Waals surface area contributed by atoms with E-state index in [9.17, 15) is 9.59 Å². The first-order valence-corrected chi connectivity index (χ1v) is 8.44. The summed E-state index contributed by atoms with van der Waals surface area (Å²) in [6.45, 7) is 7.59. The number of carbonyl (C=O) groups excluding carboxylic acids is 2. The van der Waals surface area contributed by atoms with Crippen LogP contribution in [0.2, 0.25) is 0 Å². The van der Waals surface area contributed by atoms with Crippen LogP contribution < -0.4 is 5.32 Å². The van der Waals surface area contributed by atoms with E-state index in [1.54, 1.807) is 28.2 Å². The Morgan fingerprint density at radius 3 is 2.55 bits per heavy atom. The second-order valence-corrected chi connectivity index (χ2v) is 7.12. The molecule has 0 saturated carbocycles. The molecule has 7 heteroatoms. The third kappa shape index (κ3) is 3.76. The Labute approximate surface area is 135 Å². The molecule has 1 aliphatic heterocycles. The smallest absolute Gasteiger partial charge is 0.318 e. The van der Waals surface area contributed by atoms with Gasteiger partial charge in [-0.05, 0) is 33.6 Å². The van der Waals surface area contributed by atoms with Gasteiger partial charge in [0, 0.05) is 25.0 Å². The van der Waals surface area contributed by atoms with Crippen molar-refractivity contribution >= 4 is 23.3 Å². The molecule has 2 heterocycles. The van der Waals surface area contributed by atoms with Gasteiger partial charge in [0.2, 0.25) is 5.91 Å². The Balaban J connectivity index is 1.88. The van der Waals surface area contributed by atoms with Crippen molar-refractivity contribution in [1.29, 1.82) is 0 Å². The van der Waals surface area contributed by atoms with Gasteiger partial charge in [0.1, 0.15) is 0 Å². The minimum atomic E-state index is -0.245. The summed E-state index contributed by atoms with van der Waals surface area (Å²) in [5.74, 6) is -0.00686. The van der Waals surface area contributed by atoms with Gasteiger partial charge in [-0.15, -0.1) is 11.3 Å². The van der Waals surface area contributed by atoms with Crippen LogP contribution in [0.3, 0.4) is 0 Å². The zero-order valence-corrected chi connectivity index (χ0v) is 14.5. The fraction of sp³-hybridized carbons (Fsp3) is 0.667. The number of nitrogens with zero attached hydrogens (tertiary/aromatic N) is 3. The van der Waals surface area contributed by atoms with Crippen LogP contribution in [-0.2, 0) is 4.79 Å². The fourth-order valence-electron chi connectivity index (χ4n) is 2.65. The van der Waals surface area contributed by atoms with Crippen molar-refractivity contribution in [2.24, 2.45) is 0 Å². The standard InChI is InChI=1S/C15H24N4O2S/c1-10(14-11(2)22-12(3)17-14)18(4)15(21)16-9-13(20)19-7-5-6-8-19/h10H,5-9H2,1-4H3,(H,16,21)/t10-/m1/s1. The molecule has 3 amide bonds. The normalized spacial score (nSPS) is 15.7. The number of likely N-dealkylation sites (tertiary alicyclic amines) is 1. The molecule has 0 radical (unpaired) electrons. The number of thiazole rings is 1. The van der Waals surface area contributed by atoms with Crippen molar-refractivity contribution in [3.63, 3.8) is 0 Å². The molecule has 0 spiro atoms. The Kier molecular flexibility index (Phi) is 5.39. The van der Waals surface area contributed by atoms with Crippen LogP contribution in [-0.4, -0.2) is 53.4 Å². The van der Waals surface area contributed by atoms with Crippen molar-refractivity contribution < 1.29 is 9.59 Å². The molecule has 1 aliphatic rings. The summed E-state index contributed by atoms with van der Waals surface area (Å²) >= 11 is 1.63. The highest BCUT2D eigenvalue weighted by Gasteiger charge is 2.23. The molecule has 6 nitrogen and oxygen atoms in total. The highest BCUT2D eigenvalue weighted by atomic mass is 32.1. The van der Waals surface area contributed by atoms with Gasteiger partial charge in [0.15, 0.2) is 0 Å². The number of nitrogens with one attached hydrogen (secondary N) is 1. The maximum absolute atomic E-state index is 12.2. The molecule has 122 valence electrons. The van der Waals surface area contributed by atoms with Crippen molar-refractivity contribution in [2.75, 3.05) is 26.7 Å². The number of hydrogen-bond acceptors (Lipinski definition) is 4. The van der Waals surface area contributed by atoms with Gasteiger partial charge in [-0.2, -0.15) is 0 Å². The Morgan fingerprint density at radius 2 is 2.00 bits per heavy atom. The molecule has 1 aromatic rings. The summed E-state index contributed by atoms with van der Waals surface area (Å²) in [5.41, 5.74) is 0.922. The van der Waals surface area contributed by atoms with Crippen LogP contribution in [0.5, 0.6) is 0 Å². The maximum atomic E-state index is 12.2. The van der Waals surface area contributed by atoms with E-state index in [1.165, 1.54) is 0 Å². The van der Waals surface area contributed by atoms with Crippen LogP contribution in [0, 0.1) is 13.8 Å². The summed E-state index contributed by atoms with van der Waals surface area (Å²) in [6, 6.07) is -0.364. The Morgan fingerprint density at radius 1 is 1.36 bits per heavy atom. The number of carbonyl (C=O) groups is 2. The number of urea groups is 1. The van der Waals surface area contributed by atoms with Gasteiger partial charge >= 0.3 is 6.03 Å². The van der Waals surface area contributed by atoms with Crippen LogP contribution >= 0.6 is 11.3 Å². The number of hydrogen-bond donors (Lipinski definition) is 1. The molecule has 22 heavy (non-hydrogen) atoms. The molecular formula is C15H24N4O2S. The zero-order chi connectivity index (χ0) is 16.3. The van der Waals surface area contributed by atoms with Crippen LogP contribution in [0.1, 0.15) is 41.4 Å². The van der Waals surface area contributed by atoms with Gasteiger partial charge in [0.25, 0.3) is 0 Å². The van der Waals surface area contributed by atoms with Crippen LogP contribution in [0.4, 0.5) is 4.79 Å². The van der Waals surface area contributed by atoms with Crippen LogP contribution in [0.15, 0.2) is 0 Å². The predicted molar refractivity (Wildman–Crippen MR) is 87.0 cm³/mol. The second kappa shape index (κ2) is 7.09. The van der Waals surface area contributed by atoms with E-state index in [0.717, 1.165) is 41.5 Å². The summed E-state index contributed by atoms with van der Waals surface area (Å²) in [5, 5.41) is 3.70. The van der Waals surface area contributed by atoms with Gasteiger partial charge in [-0.3, -0.25) is 4.79 Å². The Hall–Kier alpha value is -1.63. The summed E-state index contributed by atoms with van der Waals surface area (Å²) < 4.78 is 0. The molecule has 1 saturated heterocycles. The first-order chi connectivity index (χ1) is 10.4. The fourth-order valence-corrected chi connectivity index (χ4v) is 3.55. The largest absolute Gasteiger partial charge is 0.341 e. The van der Waals surface area contributed by atoms with Crippen molar-refractivity contribution in [2.45, 2.75) is 39.7 Å². The number of rotatable bonds is 4. The number of amides is 3. The lowest BCUT2D eigenvalue weighted by atomic mass is 10.2. The first kappa shape index (κ1) is 16.7. The average Bonchev–Trinajstić information content (AvgIpc) is 3.12. The van der Waals surface area contributed by atoms with E-state index in [2.05, 4.69) is 10.3 Å². The van der Waals surface area contributed by atoms with Gasteiger partial charge < -0.3 is 15.1 Å². The zero-order valence-electron chi connectivity index (χ0n) is 13.7. The third-order valence-electron chi connectivity index (χ3n) is 4.09. The van der Waals surface area contributed by atoms with Gasteiger partial charge in [-0.1, -0.05) is 0 Å². The minimum absolute atomic E-state index is 0.00686. The topological polar surface area (TPSA) is 65.5 Å². The summed E-state index contributed by atoms with van der Waals surface area (Å²) in [4.78, 5) is 33.2. The number of aryl methyl sites for hydroxylation is 2. The molecule has 1 fully saturated rings. The molecule has 0 unspecified atom stereocenters. The highest BCUT2D eigenvalue weighted by molar-refractivity contribution is 7.11. The van der Waals surface area contributed by atoms with Crippen molar-refractivity contribution in [3.05, 3.63) is 15.6 Å². The molecule has 0 aromatic carbocycles. The molecule has 1 aromatic heterocycles. The molecule has 2 rings (SSSR count). The van der Waals surface area contributed by atoms with Gasteiger partial charge in [-0.25, -0.2) is 9.78 Å². The third-order valence-corrected chi connectivity index (χ3v) is 4.99. The maximum Gasteiger partial charge on any atom is 0.318 e. The monoisotopic (exact) mass is 324 g/mol. The number of aromatic nitrogens is 1. The van der Waals surface area contributed by atoms with E-state index in [1.807, 2.05) is 20.8 Å². The summed E-state index contributed by atoms with van der Waals surface area (Å²) in [6.07, 6.45) is 2.11. The van der Waals surface area contributed by atoms with Crippen LogP contribution in [0.25, 0.3) is 0 Å². The SMILES string of the molecule is Cc1nc([C@@H](C)N(C)C(=O)NCC(=O)N2CCCC2)c(C)s1. The van der Waals surface area contributed by atoms with E-state index >= 15 is 0 Å². The molecule has 1 atom stereocenters. The lowest BCUT2D eigenvalue weighted by Crippen LogP contribution is -2.44. The quantitative estimate of drug-likeness (QED) is 0.922. The molecule has 1 N–H and O–H groups in total. The molecule has 0 aliphatic carbocycles. The van der Waals surface area contributed by atoms with Gasteiger partial charge in [0.05, 0.1) is 23.3 Å². The molecule has 0 bridgehead atoms. The van der Waals surface area contributed by atoms with E-state index in [-0.39, 0.29) is 24.5 Å². The lowest BCUT2D eigenvalue weighted by Gasteiger charge is -2.25. The van der Waals surface area contributed by atoms with Crippen molar-refractivity contribution in [3.8, 4) is 0 Å². The van der Waals surface area contributed by atoms with E-state index in [0.29, 0.717) is 0 Å². The minimum Gasteiger partial charge on any atom is -0.341 e. The Bertz CT molecular complexity index is 552. The summed E-state index contributed by atoms with van der Waals surface area (Å²) in [7, 11) is 1.73. The highest BCUT2D eigenvalue weighted by Crippen LogP contribution is 2.25. The predicted octanol–water partition coefficient (Wildman–Crippen LogP) is 2.08. The molecular weight excluding hydrogens is 300 g/mol. The van der Waals surface area contributed by atoms with Crippen molar-refractivity contribution in [1.82, 2.24) is 20.1 Å².